The van der Waals surface area contributed by atoms with Crippen molar-refractivity contribution in [2.24, 2.45) is 5.92 Å². The predicted octanol–water partition coefficient (Wildman–Crippen LogP) is 3.76. The Balaban J connectivity index is 2.45. The van der Waals surface area contributed by atoms with Gasteiger partial charge in [0.2, 0.25) is 5.91 Å². The molecule has 0 fully saturated rings. The fourth-order valence-corrected chi connectivity index (χ4v) is 1.85. The first-order valence-electron chi connectivity index (χ1n) is 5.98. The molecule has 0 aromatic heterocycles. The van der Waals surface area contributed by atoms with E-state index in [0.29, 0.717) is 12.3 Å². The van der Waals surface area contributed by atoms with Gasteiger partial charge in [0.25, 0.3) is 0 Å². The second kappa shape index (κ2) is 6.31. The Morgan fingerprint density at radius 2 is 2.19 bits per heavy atom. The average Bonchev–Trinajstić information content (AvgIpc) is 2.17. The van der Waals surface area contributed by atoms with Gasteiger partial charge in [0.15, 0.2) is 0 Å². The van der Waals surface area contributed by atoms with Crippen LogP contribution in [-0.4, -0.2) is 5.91 Å². The predicted molar refractivity (Wildman–Crippen MR) is 68.5 cm³/mol. The van der Waals surface area contributed by atoms with E-state index in [-0.39, 0.29) is 5.91 Å². The number of anilines is 1. The van der Waals surface area contributed by atoms with E-state index in [1.165, 1.54) is 5.56 Å². The standard InChI is InChI=1S/C14H21NO/c1-4-6-11(2)10-14(16)15-13-8-5-7-12(3)9-13/h5,7-9,11H,4,6,10H2,1-3H3,(H,15,16). The zero-order valence-corrected chi connectivity index (χ0v) is 10.4. The lowest BCUT2D eigenvalue weighted by Crippen LogP contribution is -2.15. The zero-order chi connectivity index (χ0) is 12.0. The van der Waals surface area contributed by atoms with Crippen LogP contribution in [0.4, 0.5) is 5.69 Å². The molecular weight excluding hydrogens is 198 g/mol. The lowest BCUT2D eigenvalue weighted by Gasteiger charge is -2.10. The van der Waals surface area contributed by atoms with Crippen LogP contribution in [0.3, 0.4) is 0 Å². The highest BCUT2D eigenvalue weighted by molar-refractivity contribution is 5.90. The van der Waals surface area contributed by atoms with Crippen molar-refractivity contribution < 1.29 is 4.79 Å². The summed E-state index contributed by atoms with van der Waals surface area (Å²) >= 11 is 0. The van der Waals surface area contributed by atoms with E-state index in [9.17, 15) is 4.79 Å². The number of carbonyl (C=O) groups is 1. The molecule has 0 spiro atoms. The van der Waals surface area contributed by atoms with Crippen molar-refractivity contribution in [3.05, 3.63) is 29.8 Å². The Kier molecular flexibility index (Phi) is 5.03. The van der Waals surface area contributed by atoms with E-state index < -0.39 is 0 Å². The average molecular weight is 219 g/mol. The lowest BCUT2D eigenvalue weighted by molar-refractivity contribution is -0.117. The van der Waals surface area contributed by atoms with E-state index in [2.05, 4.69) is 19.2 Å². The van der Waals surface area contributed by atoms with Gasteiger partial charge in [-0.25, -0.2) is 0 Å². The number of carbonyl (C=O) groups excluding carboxylic acids is 1. The third-order valence-electron chi connectivity index (χ3n) is 2.62. The molecule has 88 valence electrons. The van der Waals surface area contributed by atoms with E-state index in [1.807, 2.05) is 31.2 Å². The zero-order valence-electron chi connectivity index (χ0n) is 10.4. The van der Waals surface area contributed by atoms with E-state index in [4.69, 9.17) is 0 Å². The van der Waals surface area contributed by atoms with Crippen LogP contribution in [-0.2, 0) is 4.79 Å². The molecule has 0 aliphatic heterocycles. The monoisotopic (exact) mass is 219 g/mol. The van der Waals surface area contributed by atoms with Crippen LogP contribution in [0.25, 0.3) is 0 Å². The van der Waals surface area contributed by atoms with Crippen molar-refractivity contribution in [1.82, 2.24) is 0 Å². The molecular formula is C14H21NO. The normalized spacial score (nSPS) is 12.2. The minimum absolute atomic E-state index is 0.117. The Hall–Kier alpha value is -1.31. The van der Waals surface area contributed by atoms with Gasteiger partial charge in [-0.05, 0) is 30.5 Å². The maximum atomic E-state index is 11.7. The van der Waals surface area contributed by atoms with Gasteiger partial charge in [0, 0.05) is 12.1 Å². The summed E-state index contributed by atoms with van der Waals surface area (Å²) in [5.74, 6) is 0.585. The SMILES string of the molecule is CCCC(C)CC(=O)Nc1cccc(C)c1. The highest BCUT2D eigenvalue weighted by Gasteiger charge is 2.08. The first-order valence-corrected chi connectivity index (χ1v) is 5.98. The Morgan fingerprint density at radius 1 is 1.44 bits per heavy atom. The molecule has 0 bridgehead atoms. The summed E-state index contributed by atoms with van der Waals surface area (Å²) in [5, 5.41) is 2.93. The molecule has 0 radical (unpaired) electrons. The topological polar surface area (TPSA) is 29.1 Å². The Labute approximate surface area is 98.1 Å². The molecule has 0 saturated carbocycles. The Morgan fingerprint density at radius 3 is 2.81 bits per heavy atom. The Bertz CT molecular complexity index is 346. The molecule has 2 heteroatoms. The van der Waals surface area contributed by atoms with E-state index in [1.54, 1.807) is 0 Å². The van der Waals surface area contributed by atoms with Gasteiger partial charge in [-0.3, -0.25) is 4.79 Å². The number of aryl methyl sites for hydroxylation is 1. The fraction of sp³-hybridized carbons (Fsp3) is 0.500. The van der Waals surface area contributed by atoms with Gasteiger partial charge in [-0.15, -0.1) is 0 Å². The molecule has 1 unspecified atom stereocenters. The van der Waals surface area contributed by atoms with Gasteiger partial charge in [0.1, 0.15) is 0 Å². The van der Waals surface area contributed by atoms with E-state index >= 15 is 0 Å². The number of nitrogens with one attached hydrogen (secondary N) is 1. The number of amides is 1. The van der Waals surface area contributed by atoms with Crippen molar-refractivity contribution in [3.63, 3.8) is 0 Å². The molecule has 16 heavy (non-hydrogen) atoms. The molecule has 1 N–H and O–H groups in total. The largest absolute Gasteiger partial charge is 0.326 e. The number of benzene rings is 1. The molecule has 2 nitrogen and oxygen atoms in total. The van der Waals surface area contributed by atoms with Crippen LogP contribution >= 0.6 is 0 Å². The van der Waals surface area contributed by atoms with Gasteiger partial charge < -0.3 is 5.32 Å². The van der Waals surface area contributed by atoms with Crippen molar-refractivity contribution in [2.45, 2.75) is 40.0 Å². The molecule has 1 aromatic carbocycles. The molecule has 1 rings (SSSR count). The van der Waals surface area contributed by atoms with Crippen molar-refractivity contribution in [3.8, 4) is 0 Å². The van der Waals surface area contributed by atoms with Crippen LogP contribution in [0, 0.1) is 12.8 Å². The molecule has 1 aromatic rings. The third kappa shape index (κ3) is 4.47. The van der Waals surface area contributed by atoms with Crippen LogP contribution in [0.1, 0.15) is 38.7 Å². The van der Waals surface area contributed by atoms with Gasteiger partial charge in [-0.1, -0.05) is 38.8 Å². The van der Waals surface area contributed by atoms with Gasteiger partial charge >= 0.3 is 0 Å². The highest BCUT2D eigenvalue weighted by Crippen LogP contribution is 2.13. The van der Waals surface area contributed by atoms with E-state index in [0.717, 1.165) is 18.5 Å². The van der Waals surface area contributed by atoms with Gasteiger partial charge in [-0.2, -0.15) is 0 Å². The van der Waals surface area contributed by atoms with Crippen molar-refractivity contribution in [2.75, 3.05) is 5.32 Å². The molecule has 0 aliphatic carbocycles. The minimum atomic E-state index is 0.117. The maximum Gasteiger partial charge on any atom is 0.224 e. The lowest BCUT2D eigenvalue weighted by atomic mass is 10.0. The summed E-state index contributed by atoms with van der Waals surface area (Å²) < 4.78 is 0. The second-order valence-electron chi connectivity index (χ2n) is 4.52. The van der Waals surface area contributed by atoms with Crippen molar-refractivity contribution in [1.29, 1.82) is 0 Å². The molecule has 1 atom stereocenters. The summed E-state index contributed by atoms with van der Waals surface area (Å²) in [7, 11) is 0. The smallest absolute Gasteiger partial charge is 0.224 e. The summed E-state index contributed by atoms with van der Waals surface area (Å²) in [6, 6.07) is 7.90. The summed E-state index contributed by atoms with van der Waals surface area (Å²) in [4.78, 5) is 11.7. The quantitative estimate of drug-likeness (QED) is 0.802. The van der Waals surface area contributed by atoms with Crippen LogP contribution in [0.15, 0.2) is 24.3 Å². The first-order chi connectivity index (χ1) is 7.61. The maximum absolute atomic E-state index is 11.7. The number of hydrogen-bond donors (Lipinski definition) is 1. The second-order valence-corrected chi connectivity index (χ2v) is 4.52. The molecule has 1 amide bonds. The number of hydrogen-bond acceptors (Lipinski definition) is 1. The highest BCUT2D eigenvalue weighted by atomic mass is 16.1. The molecule has 0 aliphatic rings. The first kappa shape index (κ1) is 12.8. The van der Waals surface area contributed by atoms with Crippen LogP contribution in [0.5, 0.6) is 0 Å². The summed E-state index contributed by atoms with van der Waals surface area (Å²) in [5.41, 5.74) is 2.06. The number of rotatable bonds is 5. The molecule has 0 heterocycles. The van der Waals surface area contributed by atoms with Crippen LogP contribution in [0.2, 0.25) is 0 Å². The minimum Gasteiger partial charge on any atom is -0.326 e. The van der Waals surface area contributed by atoms with Crippen molar-refractivity contribution >= 4 is 11.6 Å². The summed E-state index contributed by atoms with van der Waals surface area (Å²) in [6.45, 7) is 6.30. The van der Waals surface area contributed by atoms with Gasteiger partial charge in [0.05, 0.1) is 0 Å². The molecule has 0 saturated heterocycles. The third-order valence-corrected chi connectivity index (χ3v) is 2.62. The van der Waals surface area contributed by atoms with Crippen LogP contribution < -0.4 is 5.32 Å². The summed E-state index contributed by atoms with van der Waals surface area (Å²) in [6.07, 6.45) is 2.86. The fourth-order valence-electron chi connectivity index (χ4n) is 1.85.